The molecule has 1 spiro atoms. The van der Waals surface area contributed by atoms with E-state index in [9.17, 15) is 19.8 Å². The van der Waals surface area contributed by atoms with Crippen molar-refractivity contribution >= 4 is 51.6 Å². The van der Waals surface area contributed by atoms with E-state index < -0.39 is 23.2 Å². The Morgan fingerprint density at radius 2 is 1.89 bits per heavy atom. The Bertz CT molecular complexity index is 1910. The van der Waals surface area contributed by atoms with Crippen molar-refractivity contribution in [2.75, 3.05) is 25.1 Å². The van der Waals surface area contributed by atoms with Crippen molar-refractivity contribution in [2.24, 2.45) is 11.8 Å². The van der Waals surface area contributed by atoms with Gasteiger partial charge in [-0.25, -0.2) is 9.37 Å². The number of likely N-dealkylation sites (tertiary alicyclic amines) is 1. The number of ketones is 1. The largest absolute Gasteiger partial charge is 0.396 e. The van der Waals surface area contributed by atoms with Crippen LogP contribution in [0.15, 0.2) is 54.6 Å². The highest BCUT2D eigenvalue weighted by Crippen LogP contribution is 2.64. The number of nitrogens with one attached hydrogen (secondary N) is 1. The molecule has 4 aliphatic rings. The van der Waals surface area contributed by atoms with Crippen LogP contribution in [0.25, 0.3) is 11.0 Å². The number of halogens is 3. The van der Waals surface area contributed by atoms with Gasteiger partial charge < -0.3 is 20.1 Å². The number of hydrogen-bond donors (Lipinski definition) is 3. The fourth-order valence-corrected chi connectivity index (χ4v) is 8.69. The molecule has 3 aliphatic heterocycles. The van der Waals surface area contributed by atoms with Crippen molar-refractivity contribution in [3.05, 3.63) is 93.0 Å². The predicted octanol–water partition coefficient (Wildman–Crippen LogP) is 5.87. The molecule has 2 fully saturated rings. The number of nitrogens with zero attached hydrogens (tertiary/aromatic N) is 3. The lowest BCUT2D eigenvalue weighted by Crippen LogP contribution is -2.53. The van der Waals surface area contributed by atoms with Crippen LogP contribution in [0.1, 0.15) is 64.8 Å². The molecule has 11 heteroatoms. The van der Waals surface area contributed by atoms with Crippen LogP contribution < -0.4 is 5.32 Å². The van der Waals surface area contributed by atoms with Gasteiger partial charge in [-0.3, -0.25) is 14.5 Å². The van der Waals surface area contributed by atoms with E-state index in [1.807, 2.05) is 12.1 Å². The van der Waals surface area contributed by atoms with E-state index in [4.69, 9.17) is 28.2 Å². The molecule has 4 aromatic rings. The fraction of sp³-hybridized carbons (Fsp3) is 0.400. The SMILES string of the molecule is O=C(CC(CO)CO)c1ccc2c(c1)nc1n2CC[C@H]2[C@@H]1[C@H](c1cccc(Cl)c1F)[C@]1(C(=O)Nc3cc(Cl)ccc31)N2CC1CC1. The summed E-state index contributed by atoms with van der Waals surface area (Å²) in [4.78, 5) is 35.1. The highest BCUT2D eigenvalue weighted by Gasteiger charge is 2.69. The number of imidazole rings is 1. The molecule has 3 N–H and O–H groups in total. The van der Waals surface area contributed by atoms with E-state index in [2.05, 4.69) is 14.8 Å². The molecule has 0 bridgehead atoms. The molecule has 1 saturated heterocycles. The molecule has 1 amide bonds. The van der Waals surface area contributed by atoms with E-state index in [1.165, 1.54) is 6.07 Å². The normalized spacial score (nSPS) is 25.3. The van der Waals surface area contributed by atoms with Crippen molar-refractivity contribution in [1.82, 2.24) is 14.5 Å². The number of anilines is 1. The maximum absolute atomic E-state index is 16.3. The van der Waals surface area contributed by atoms with Gasteiger partial charge in [-0.15, -0.1) is 0 Å². The lowest BCUT2D eigenvalue weighted by Gasteiger charge is -2.40. The first-order chi connectivity index (χ1) is 22.3. The third-order valence-electron chi connectivity index (χ3n) is 10.6. The third-order valence-corrected chi connectivity index (χ3v) is 11.1. The number of aliphatic hydroxyl groups is 2. The third kappa shape index (κ3) is 4.39. The van der Waals surface area contributed by atoms with Gasteiger partial charge in [0.25, 0.3) is 0 Å². The molecule has 8 rings (SSSR count). The highest BCUT2D eigenvalue weighted by atomic mass is 35.5. The number of aromatic nitrogens is 2. The predicted molar refractivity (Wildman–Crippen MR) is 173 cm³/mol. The molecule has 238 valence electrons. The average Bonchev–Trinajstić information content (AvgIpc) is 3.64. The van der Waals surface area contributed by atoms with Gasteiger partial charge in [-0.05, 0) is 67.1 Å². The maximum Gasteiger partial charge on any atom is 0.250 e. The van der Waals surface area contributed by atoms with Crippen LogP contribution in [-0.2, 0) is 16.9 Å². The van der Waals surface area contributed by atoms with Gasteiger partial charge in [-0.2, -0.15) is 0 Å². The lowest BCUT2D eigenvalue weighted by atomic mass is 9.70. The van der Waals surface area contributed by atoms with Gasteiger partial charge in [0.2, 0.25) is 5.91 Å². The summed E-state index contributed by atoms with van der Waals surface area (Å²) in [7, 11) is 0. The first-order valence-corrected chi connectivity index (χ1v) is 16.6. The molecular weight excluding hydrogens is 630 g/mol. The van der Waals surface area contributed by atoms with Gasteiger partial charge in [0.05, 0.1) is 16.1 Å². The molecule has 4 atom stereocenters. The Kier molecular flexibility index (Phi) is 7.26. The Morgan fingerprint density at radius 3 is 2.65 bits per heavy atom. The van der Waals surface area contributed by atoms with Crippen LogP contribution in [0.2, 0.25) is 10.0 Å². The van der Waals surface area contributed by atoms with E-state index >= 15 is 4.39 Å². The summed E-state index contributed by atoms with van der Waals surface area (Å²) in [6.45, 7) is 0.783. The first-order valence-electron chi connectivity index (χ1n) is 15.8. The number of aryl methyl sites for hydroxylation is 1. The Morgan fingerprint density at radius 1 is 1.09 bits per heavy atom. The Hall–Kier alpha value is -3.34. The second-order valence-corrected chi connectivity index (χ2v) is 14.0. The smallest absolute Gasteiger partial charge is 0.250 e. The minimum absolute atomic E-state index is 0.00360. The number of fused-ring (bicyclic) bond motifs is 7. The van der Waals surface area contributed by atoms with E-state index in [1.54, 1.807) is 36.4 Å². The number of carbonyl (C=O) groups excluding carboxylic acids is 2. The molecule has 1 aromatic heterocycles. The Labute approximate surface area is 275 Å². The van der Waals surface area contributed by atoms with Gasteiger partial charge in [-0.1, -0.05) is 41.4 Å². The zero-order chi connectivity index (χ0) is 31.9. The number of hydrogen-bond acceptors (Lipinski definition) is 6. The first kappa shape index (κ1) is 30.0. The van der Waals surface area contributed by atoms with Crippen LogP contribution in [0.4, 0.5) is 10.1 Å². The van der Waals surface area contributed by atoms with Gasteiger partial charge >= 0.3 is 0 Å². The molecule has 3 aromatic carbocycles. The van der Waals surface area contributed by atoms with Crippen molar-refractivity contribution in [3.63, 3.8) is 0 Å². The molecule has 1 saturated carbocycles. The fourth-order valence-electron chi connectivity index (χ4n) is 8.34. The molecule has 8 nitrogen and oxygen atoms in total. The van der Waals surface area contributed by atoms with Crippen LogP contribution in [0.5, 0.6) is 0 Å². The summed E-state index contributed by atoms with van der Waals surface area (Å²) in [5, 5.41) is 22.6. The molecular formula is C35H33Cl2FN4O4. The van der Waals surface area contributed by atoms with Crippen molar-refractivity contribution in [1.29, 1.82) is 0 Å². The molecule has 4 heterocycles. The number of carbonyl (C=O) groups is 2. The van der Waals surface area contributed by atoms with Gasteiger partial charge in [0, 0.05) is 78.4 Å². The topological polar surface area (TPSA) is 108 Å². The summed E-state index contributed by atoms with van der Waals surface area (Å²) in [6.07, 6.45) is 2.90. The van der Waals surface area contributed by atoms with Crippen molar-refractivity contribution in [2.45, 2.75) is 55.6 Å². The maximum atomic E-state index is 16.3. The van der Waals surface area contributed by atoms with E-state index in [0.717, 1.165) is 36.2 Å². The minimum atomic E-state index is -1.22. The summed E-state index contributed by atoms with van der Waals surface area (Å²) >= 11 is 12.8. The van der Waals surface area contributed by atoms with E-state index in [0.29, 0.717) is 46.4 Å². The number of Topliss-reactive ketones (excluding diaryl/α,β-unsaturated/α-hetero) is 1. The number of amides is 1. The van der Waals surface area contributed by atoms with Crippen molar-refractivity contribution in [3.8, 4) is 0 Å². The average molecular weight is 664 g/mol. The van der Waals surface area contributed by atoms with Crippen molar-refractivity contribution < 1.29 is 24.2 Å². The molecule has 46 heavy (non-hydrogen) atoms. The summed E-state index contributed by atoms with van der Waals surface area (Å²) in [6, 6.07) is 15.7. The number of aliphatic hydroxyl groups excluding tert-OH is 2. The highest BCUT2D eigenvalue weighted by molar-refractivity contribution is 6.31. The van der Waals surface area contributed by atoms with Crippen LogP contribution in [-0.4, -0.2) is 62.2 Å². The zero-order valence-electron chi connectivity index (χ0n) is 24.9. The summed E-state index contributed by atoms with van der Waals surface area (Å²) in [5.74, 6) is -1.31. The standard InChI is InChI=1S/C35H33Cl2FN4O4/c36-21-7-8-23-25(14-21)40-34(46)35(23)31(22-2-1-3-24(37)32(22)38)30-28(42(35)15-18-4-5-18)10-11-41-27-9-6-20(13-26(27)39-33(30)41)29(45)12-19(16-43)17-44/h1-3,6-9,13-14,18-19,28,30-31,43-44H,4-5,10-12,15-17H2,(H,40,46)/t28-,30+,31-,35+/m0/s1. The Balaban J connectivity index is 1.34. The van der Waals surface area contributed by atoms with Gasteiger partial charge in [0.1, 0.15) is 17.2 Å². The monoisotopic (exact) mass is 662 g/mol. The molecule has 0 unspecified atom stereocenters. The van der Waals surface area contributed by atoms with Gasteiger partial charge in [0.15, 0.2) is 5.78 Å². The van der Waals surface area contributed by atoms with E-state index in [-0.39, 0.29) is 48.3 Å². The lowest BCUT2D eigenvalue weighted by molar-refractivity contribution is -0.128. The minimum Gasteiger partial charge on any atom is -0.396 e. The summed E-state index contributed by atoms with van der Waals surface area (Å²) in [5.41, 5.74) is 2.49. The number of rotatable bonds is 8. The van der Waals surface area contributed by atoms with Crippen LogP contribution >= 0.6 is 23.2 Å². The second-order valence-electron chi connectivity index (χ2n) is 13.2. The van der Waals surface area contributed by atoms with Crippen LogP contribution in [0.3, 0.4) is 0 Å². The molecule has 0 radical (unpaired) electrons. The quantitative estimate of drug-likeness (QED) is 0.204. The molecule has 1 aliphatic carbocycles. The zero-order valence-corrected chi connectivity index (χ0v) is 26.4. The van der Waals surface area contributed by atoms with Crippen LogP contribution in [0, 0.1) is 17.7 Å². The number of benzene rings is 3. The summed E-state index contributed by atoms with van der Waals surface area (Å²) < 4.78 is 18.4. The second kappa shape index (κ2) is 11.1.